The number of aryl methyl sites for hydroxylation is 1. The molecule has 0 saturated carbocycles. The van der Waals surface area contributed by atoms with Gasteiger partial charge in [0.2, 0.25) is 15.9 Å². The largest absolute Gasteiger partial charge is 0.396 e. The van der Waals surface area contributed by atoms with Crippen LogP contribution in [0.5, 0.6) is 0 Å². The van der Waals surface area contributed by atoms with Crippen molar-refractivity contribution in [3.05, 3.63) is 17.8 Å². The van der Waals surface area contributed by atoms with Crippen LogP contribution in [0.4, 0.5) is 11.5 Å². The van der Waals surface area contributed by atoms with Crippen LogP contribution in [0.25, 0.3) is 0 Å². The average molecular weight is 284 g/mol. The van der Waals surface area contributed by atoms with E-state index >= 15 is 0 Å². The van der Waals surface area contributed by atoms with E-state index in [1.807, 2.05) is 0 Å². The maximum absolute atomic E-state index is 11.9. The van der Waals surface area contributed by atoms with Gasteiger partial charge in [0, 0.05) is 24.6 Å². The van der Waals surface area contributed by atoms with Crippen molar-refractivity contribution in [2.24, 2.45) is 11.1 Å². The first-order chi connectivity index (χ1) is 8.76. The van der Waals surface area contributed by atoms with E-state index in [9.17, 15) is 13.2 Å². The van der Waals surface area contributed by atoms with Crippen LogP contribution in [0.2, 0.25) is 0 Å². The predicted octanol–water partition coefficient (Wildman–Crippen LogP) is -0.386. The van der Waals surface area contributed by atoms with Crippen LogP contribution >= 0.6 is 0 Å². The number of rotatable bonds is 3. The second-order valence-electron chi connectivity index (χ2n) is 4.77. The number of aromatic nitrogens is 1. The summed E-state index contributed by atoms with van der Waals surface area (Å²) in [6.45, 7) is 2.07. The zero-order valence-corrected chi connectivity index (χ0v) is 11.4. The monoisotopic (exact) mass is 284 g/mol. The Balaban J connectivity index is 2.23. The Morgan fingerprint density at radius 1 is 1.47 bits per heavy atom. The zero-order valence-electron chi connectivity index (χ0n) is 10.5. The van der Waals surface area contributed by atoms with E-state index in [-0.39, 0.29) is 30.5 Å². The molecule has 19 heavy (non-hydrogen) atoms. The molecule has 1 aliphatic rings. The summed E-state index contributed by atoms with van der Waals surface area (Å²) in [6, 6.07) is 3.43. The number of carbonyl (C=O) groups is 1. The fraction of sp³-hybridized carbons (Fsp3) is 0.455. The predicted molar refractivity (Wildman–Crippen MR) is 71.8 cm³/mol. The summed E-state index contributed by atoms with van der Waals surface area (Å²) in [5, 5.41) is 5.00. The highest BCUT2D eigenvalue weighted by Gasteiger charge is 2.34. The Labute approximate surface area is 111 Å². The van der Waals surface area contributed by atoms with Gasteiger partial charge in [-0.25, -0.2) is 18.5 Å². The van der Waals surface area contributed by atoms with Gasteiger partial charge < -0.3 is 5.73 Å². The molecule has 2 rings (SSSR count). The van der Waals surface area contributed by atoms with Crippen molar-refractivity contribution < 1.29 is 13.2 Å². The van der Waals surface area contributed by atoms with Gasteiger partial charge >= 0.3 is 0 Å². The zero-order chi connectivity index (χ0) is 14.2. The van der Waals surface area contributed by atoms with Gasteiger partial charge in [-0.05, 0) is 19.1 Å². The number of sulfonamides is 1. The minimum absolute atomic E-state index is 0.144. The van der Waals surface area contributed by atoms with Crippen molar-refractivity contribution in [1.29, 1.82) is 0 Å². The third-order valence-electron chi connectivity index (χ3n) is 2.97. The number of amides is 1. The molecule has 1 saturated heterocycles. The van der Waals surface area contributed by atoms with Crippen molar-refractivity contribution in [1.82, 2.24) is 4.98 Å². The summed E-state index contributed by atoms with van der Waals surface area (Å²) in [5.41, 5.74) is 6.95. The highest BCUT2D eigenvalue weighted by Crippen LogP contribution is 2.28. The Bertz CT molecular complexity index is 614. The van der Waals surface area contributed by atoms with E-state index < -0.39 is 10.0 Å². The third kappa shape index (κ3) is 3.21. The number of anilines is 2. The molecule has 1 unspecified atom stereocenters. The Kier molecular flexibility index (Phi) is 3.46. The number of primary sulfonamides is 1. The molecule has 0 bridgehead atoms. The molecule has 2 heterocycles. The highest BCUT2D eigenvalue weighted by molar-refractivity contribution is 7.89. The standard InChI is InChI=1S/C11H16N4O3S/c1-7-2-3-9(12)11(14-7)15-5-8(4-10(15)16)6-19(13,17)18/h2-3,8H,4-6,12H2,1H3,(H2,13,17,18). The van der Waals surface area contributed by atoms with E-state index in [4.69, 9.17) is 10.9 Å². The summed E-state index contributed by atoms with van der Waals surface area (Å²) >= 11 is 0. The second-order valence-corrected chi connectivity index (χ2v) is 6.43. The van der Waals surface area contributed by atoms with Crippen molar-refractivity contribution in [2.75, 3.05) is 22.9 Å². The molecule has 0 spiro atoms. The molecule has 1 fully saturated rings. The molecule has 0 aliphatic carbocycles. The van der Waals surface area contributed by atoms with Gasteiger partial charge in [0.25, 0.3) is 0 Å². The van der Waals surface area contributed by atoms with Crippen LogP contribution in [0.15, 0.2) is 12.1 Å². The number of pyridine rings is 1. The first-order valence-electron chi connectivity index (χ1n) is 5.80. The van der Waals surface area contributed by atoms with Gasteiger partial charge in [-0.1, -0.05) is 0 Å². The first kappa shape index (κ1) is 13.8. The lowest BCUT2D eigenvalue weighted by molar-refractivity contribution is -0.117. The molecule has 1 aromatic rings. The highest BCUT2D eigenvalue weighted by atomic mass is 32.2. The number of nitrogens with two attached hydrogens (primary N) is 2. The molecule has 8 heteroatoms. The number of hydrogen-bond donors (Lipinski definition) is 2. The van der Waals surface area contributed by atoms with E-state index in [1.54, 1.807) is 19.1 Å². The molecule has 1 aliphatic heterocycles. The molecule has 0 aromatic carbocycles. The Morgan fingerprint density at radius 2 is 2.16 bits per heavy atom. The van der Waals surface area contributed by atoms with Crippen LogP contribution in [-0.2, 0) is 14.8 Å². The van der Waals surface area contributed by atoms with Crippen molar-refractivity contribution in [3.8, 4) is 0 Å². The molecule has 104 valence electrons. The van der Waals surface area contributed by atoms with Crippen molar-refractivity contribution >= 4 is 27.4 Å². The second kappa shape index (κ2) is 4.78. The lowest BCUT2D eigenvalue weighted by Gasteiger charge is -2.17. The fourth-order valence-corrected chi connectivity index (χ4v) is 3.08. The van der Waals surface area contributed by atoms with E-state index in [0.29, 0.717) is 11.5 Å². The van der Waals surface area contributed by atoms with Crippen LogP contribution in [-0.4, -0.2) is 31.6 Å². The van der Waals surface area contributed by atoms with Gasteiger partial charge in [-0.3, -0.25) is 9.69 Å². The maximum Gasteiger partial charge on any atom is 0.228 e. The van der Waals surface area contributed by atoms with Gasteiger partial charge in [0.15, 0.2) is 5.82 Å². The molecule has 1 amide bonds. The first-order valence-corrected chi connectivity index (χ1v) is 7.52. The van der Waals surface area contributed by atoms with E-state index in [0.717, 1.165) is 5.69 Å². The molecule has 4 N–H and O–H groups in total. The van der Waals surface area contributed by atoms with Crippen LogP contribution in [0, 0.1) is 12.8 Å². The molecular formula is C11H16N4O3S. The van der Waals surface area contributed by atoms with Crippen molar-refractivity contribution in [2.45, 2.75) is 13.3 Å². The quantitative estimate of drug-likeness (QED) is 0.783. The lowest BCUT2D eigenvalue weighted by Crippen LogP contribution is -2.28. The maximum atomic E-state index is 11.9. The minimum Gasteiger partial charge on any atom is -0.396 e. The van der Waals surface area contributed by atoms with Gasteiger partial charge in [0.1, 0.15) is 0 Å². The van der Waals surface area contributed by atoms with Crippen LogP contribution < -0.4 is 15.8 Å². The number of hydrogen-bond acceptors (Lipinski definition) is 5. The van der Waals surface area contributed by atoms with Crippen LogP contribution in [0.1, 0.15) is 12.1 Å². The Morgan fingerprint density at radius 3 is 2.79 bits per heavy atom. The summed E-state index contributed by atoms with van der Waals surface area (Å²) in [4.78, 5) is 17.6. The number of nitrogens with zero attached hydrogens (tertiary/aromatic N) is 2. The molecule has 1 atom stereocenters. The number of carbonyl (C=O) groups excluding carboxylic acids is 1. The van der Waals surface area contributed by atoms with Crippen LogP contribution in [0.3, 0.4) is 0 Å². The average Bonchev–Trinajstić information content (AvgIpc) is 2.60. The molecule has 0 radical (unpaired) electrons. The third-order valence-corrected chi connectivity index (χ3v) is 3.91. The topological polar surface area (TPSA) is 119 Å². The Hall–Kier alpha value is -1.67. The minimum atomic E-state index is -3.59. The van der Waals surface area contributed by atoms with E-state index in [1.165, 1.54) is 4.90 Å². The summed E-state index contributed by atoms with van der Waals surface area (Å²) in [7, 11) is -3.59. The summed E-state index contributed by atoms with van der Waals surface area (Å²) in [6.07, 6.45) is 0.144. The fourth-order valence-electron chi connectivity index (χ4n) is 2.20. The molecular weight excluding hydrogens is 268 g/mol. The normalized spacial score (nSPS) is 20.0. The molecule has 7 nitrogen and oxygen atoms in total. The molecule has 1 aromatic heterocycles. The van der Waals surface area contributed by atoms with Gasteiger partial charge in [0.05, 0.1) is 11.4 Å². The summed E-state index contributed by atoms with van der Waals surface area (Å²) in [5.74, 6) is -0.314. The van der Waals surface area contributed by atoms with Gasteiger partial charge in [-0.15, -0.1) is 0 Å². The SMILES string of the molecule is Cc1ccc(N)c(N2CC(CS(N)(=O)=O)CC2=O)n1. The van der Waals surface area contributed by atoms with Crippen molar-refractivity contribution in [3.63, 3.8) is 0 Å². The van der Waals surface area contributed by atoms with E-state index in [2.05, 4.69) is 4.98 Å². The lowest BCUT2D eigenvalue weighted by atomic mass is 10.1. The smallest absolute Gasteiger partial charge is 0.228 e. The van der Waals surface area contributed by atoms with Gasteiger partial charge in [-0.2, -0.15) is 0 Å². The number of nitrogen functional groups attached to an aromatic ring is 1. The summed E-state index contributed by atoms with van der Waals surface area (Å²) < 4.78 is 22.1.